The van der Waals surface area contributed by atoms with Gasteiger partial charge in [-0.05, 0) is 37.3 Å². The predicted octanol–water partition coefficient (Wildman–Crippen LogP) is 2.87. The molecule has 0 aliphatic rings. The Kier molecular flexibility index (Phi) is 6.41. The molecule has 2 aromatic carbocycles. The van der Waals surface area contributed by atoms with E-state index in [-0.39, 0.29) is 22.1 Å². The minimum atomic E-state index is -3.84. The number of carbonyl (C=O) groups excluding carboxylic acids is 1. The van der Waals surface area contributed by atoms with Crippen LogP contribution in [-0.2, 0) is 14.8 Å². The average Bonchev–Trinajstić information content (AvgIpc) is 2.60. The molecule has 0 saturated heterocycles. The Labute approximate surface area is 151 Å². The van der Waals surface area contributed by atoms with Crippen molar-refractivity contribution in [3.63, 3.8) is 0 Å². The lowest BCUT2D eigenvalue weighted by Gasteiger charge is -2.16. The van der Waals surface area contributed by atoms with Crippen molar-refractivity contribution in [3.05, 3.63) is 59.1 Å². The SMILES string of the molecule is COC(=O)c1cc(S(=O)(=O)N[C@H](C)COc2ccccc2)ccc1Cl. The van der Waals surface area contributed by atoms with Crippen LogP contribution >= 0.6 is 11.6 Å². The number of hydrogen-bond acceptors (Lipinski definition) is 5. The predicted molar refractivity (Wildman–Crippen MR) is 94.5 cm³/mol. The molecule has 0 bridgehead atoms. The van der Waals surface area contributed by atoms with Crippen LogP contribution in [0.4, 0.5) is 0 Å². The lowest BCUT2D eigenvalue weighted by atomic mass is 10.2. The van der Waals surface area contributed by atoms with Gasteiger partial charge in [-0.25, -0.2) is 17.9 Å². The van der Waals surface area contributed by atoms with Crippen LogP contribution < -0.4 is 9.46 Å². The zero-order chi connectivity index (χ0) is 18.4. The highest BCUT2D eigenvalue weighted by molar-refractivity contribution is 7.89. The Hall–Kier alpha value is -2.09. The summed E-state index contributed by atoms with van der Waals surface area (Å²) in [6.07, 6.45) is 0. The highest BCUT2D eigenvalue weighted by atomic mass is 35.5. The van der Waals surface area contributed by atoms with Crippen molar-refractivity contribution < 1.29 is 22.7 Å². The monoisotopic (exact) mass is 383 g/mol. The zero-order valence-corrected chi connectivity index (χ0v) is 15.3. The normalized spacial score (nSPS) is 12.4. The van der Waals surface area contributed by atoms with E-state index in [1.807, 2.05) is 18.2 Å². The van der Waals surface area contributed by atoms with Gasteiger partial charge in [0.05, 0.1) is 28.6 Å². The van der Waals surface area contributed by atoms with Gasteiger partial charge in [-0.3, -0.25) is 0 Å². The van der Waals surface area contributed by atoms with E-state index in [1.54, 1.807) is 19.1 Å². The van der Waals surface area contributed by atoms with Gasteiger partial charge in [0.1, 0.15) is 12.4 Å². The number of halogens is 1. The largest absolute Gasteiger partial charge is 0.492 e. The van der Waals surface area contributed by atoms with Crippen LogP contribution in [0.5, 0.6) is 5.75 Å². The van der Waals surface area contributed by atoms with Crippen molar-refractivity contribution in [2.24, 2.45) is 0 Å². The van der Waals surface area contributed by atoms with Crippen molar-refractivity contribution >= 4 is 27.6 Å². The molecule has 0 spiro atoms. The lowest BCUT2D eigenvalue weighted by molar-refractivity contribution is 0.0600. The maximum absolute atomic E-state index is 12.5. The number of benzene rings is 2. The molecule has 2 rings (SSSR count). The highest BCUT2D eigenvalue weighted by Gasteiger charge is 2.21. The zero-order valence-electron chi connectivity index (χ0n) is 13.7. The summed E-state index contributed by atoms with van der Waals surface area (Å²) < 4.78 is 37.6. The molecule has 0 heterocycles. The highest BCUT2D eigenvalue weighted by Crippen LogP contribution is 2.21. The van der Waals surface area contributed by atoms with Gasteiger partial charge in [0.15, 0.2) is 0 Å². The summed E-state index contributed by atoms with van der Waals surface area (Å²) in [4.78, 5) is 11.6. The van der Waals surface area contributed by atoms with E-state index in [9.17, 15) is 13.2 Å². The van der Waals surface area contributed by atoms with E-state index < -0.39 is 22.0 Å². The summed E-state index contributed by atoms with van der Waals surface area (Å²) in [5.41, 5.74) is -0.0137. The molecule has 6 nitrogen and oxygen atoms in total. The number of hydrogen-bond donors (Lipinski definition) is 1. The first-order valence-corrected chi connectivity index (χ1v) is 9.27. The molecule has 8 heteroatoms. The van der Waals surface area contributed by atoms with E-state index in [4.69, 9.17) is 16.3 Å². The van der Waals surface area contributed by atoms with Crippen LogP contribution in [0, 0.1) is 0 Å². The van der Waals surface area contributed by atoms with Crippen LogP contribution in [0.1, 0.15) is 17.3 Å². The number of para-hydroxylation sites is 1. The number of methoxy groups -OCH3 is 1. The molecule has 2 aromatic rings. The lowest BCUT2D eigenvalue weighted by Crippen LogP contribution is -2.36. The van der Waals surface area contributed by atoms with Gasteiger partial charge < -0.3 is 9.47 Å². The van der Waals surface area contributed by atoms with Crippen LogP contribution in [-0.4, -0.2) is 34.1 Å². The van der Waals surface area contributed by atoms with Crippen molar-refractivity contribution in [1.82, 2.24) is 4.72 Å². The second-order valence-electron chi connectivity index (χ2n) is 5.28. The molecule has 0 saturated carbocycles. The van der Waals surface area contributed by atoms with Gasteiger partial charge in [-0.2, -0.15) is 0 Å². The van der Waals surface area contributed by atoms with Crippen LogP contribution in [0.15, 0.2) is 53.4 Å². The third-order valence-electron chi connectivity index (χ3n) is 3.25. The molecule has 0 amide bonds. The molecule has 0 aromatic heterocycles. The van der Waals surface area contributed by atoms with E-state index in [2.05, 4.69) is 9.46 Å². The fourth-order valence-corrected chi connectivity index (χ4v) is 3.49. The summed E-state index contributed by atoms with van der Waals surface area (Å²) in [6.45, 7) is 1.83. The fraction of sp³-hybridized carbons (Fsp3) is 0.235. The van der Waals surface area contributed by atoms with Crippen molar-refractivity contribution in [3.8, 4) is 5.75 Å². The first-order chi connectivity index (χ1) is 11.8. The molecular weight excluding hydrogens is 366 g/mol. The van der Waals surface area contributed by atoms with E-state index in [0.717, 1.165) is 0 Å². The third kappa shape index (κ3) is 5.19. The first kappa shape index (κ1) is 19.2. The molecule has 0 unspecified atom stereocenters. The molecule has 25 heavy (non-hydrogen) atoms. The number of ether oxygens (including phenoxy) is 2. The first-order valence-electron chi connectivity index (χ1n) is 7.41. The Morgan fingerprint density at radius 1 is 1.20 bits per heavy atom. The molecule has 0 aliphatic carbocycles. The summed E-state index contributed by atoms with van der Waals surface area (Å²) in [5, 5.41) is 0.117. The minimum Gasteiger partial charge on any atom is -0.492 e. The Bertz CT molecular complexity index is 839. The second kappa shape index (κ2) is 8.33. The quantitative estimate of drug-likeness (QED) is 0.743. The number of sulfonamides is 1. The minimum absolute atomic E-state index is 0.0137. The van der Waals surface area contributed by atoms with Crippen molar-refractivity contribution in [2.45, 2.75) is 17.9 Å². The van der Waals surface area contributed by atoms with Crippen molar-refractivity contribution in [2.75, 3.05) is 13.7 Å². The van der Waals surface area contributed by atoms with Gasteiger partial charge in [-0.15, -0.1) is 0 Å². The second-order valence-corrected chi connectivity index (χ2v) is 7.40. The number of esters is 1. The topological polar surface area (TPSA) is 81.7 Å². The molecule has 0 fully saturated rings. The van der Waals surface area contributed by atoms with Gasteiger partial charge in [0.2, 0.25) is 10.0 Å². The van der Waals surface area contributed by atoms with Gasteiger partial charge >= 0.3 is 5.97 Å². The Balaban J connectivity index is 2.09. The molecule has 134 valence electrons. The third-order valence-corrected chi connectivity index (χ3v) is 5.17. The van der Waals surface area contributed by atoms with Gasteiger partial charge in [0.25, 0.3) is 0 Å². The molecule has 0 aliphatic heterocycles. The number of rotatable bonds is 7. The summed E-state index contributed by atoms with van der Waals surface area (Å²) in [7, 11) is -2.65. The van der Waals surface area contributed by atoms with Crippen LogP contribution in [0.2, 0.25) is 5.02 Å². The summed E-state index contributed by atoms with van der Waals surface area (Å²) in [5.74, 6) is -0.0597. The smallest absolute Gasteiger partial charge is 0.339 e. The fourth-order valence-electron chi connectivity index (χ4n) is 2.04. The maximum Gasteiger partial charge on any atom is 0.339 e. The van der Waals surface area contributed by atoms with E-state index >= 15 is 0 Å². The standard InChI is InChI=1S/C17H18ClNO5S/c1-12(11-24-13-6-4-3-5-7-13)19-25(21,22)14-8-9-16(18)15(10-14)17(20)23-2/h3-10,12,19H,11H2,1-2H3/t12-/m1/s1. The maximum atomic E-state index is 12.5. The molecular formula is C17H18ClNO5S. The number of carbonyl (C=O) groups is 1. The van der Waals surface area contributed by atoms with Crippen LogP contribution in [0.25, 0.3) is 0 Å². The number of nitrogens with one attached hydrogen (secondary N) is 1. The molecule has 1 atom stereocenters. The van der Waals surface area contributed by atoms with E-state index in [1.165, 1.54) is 25.3 Å². The summed E-state index contributed by atoms with van der Waals surface area (Å²) >= 11 is 5.91. The van der Waals surface area contributed by atoms with E-state index in [0.29, 0.717) is 5.75 Å². The molecule has 1 N–H and O–H groups in total. The van der Waals surface area contributed by atoms with Gasteiger partial charge in [-0.1, -0.05) is 29.8 Å². The molecule has 0 radical (unpaired) electrons. The Morgan fingerprint density at radius 3 is 2.52 bits per heavy atom. The van der Waals surface area contributed by atoms with Crippen molar-refractivity contribution in [1.29, 1.82) is 0 Å². The summed E-state index contributed by atoms with van der Waals surface area (Å²) in [6, 6.07) is 12.4. The Morgan fingerprint density at radius 2 is 1.88 bits per heavy atom. The van der Waals surface area contributed by atoms with Gasteiger partial charge in [0, 0.05) is 0 Å². The van der Waals surface area contributed by atoms with Crippen LogP contribution in [0.3, 0.4) is 0 Å². The average molecular weight is 384 g/mol.